The standard InChI is InChI=1S/C12H12F3N5O3/c1-22-7-4-3-6(5-8(7)23-2)9-16-10(18-11(21)17-9)19-20-12(13,14)15/h3-5,20H,1-2H3,(H2,16,17,18,19,21). The van der Waals surface area contributed by atoms with E-state index in [1.54, 1.807) is 17.6 Å². The minimum Gasteiger partial charge on any atom is -0.493 e. The van der Waals surface area contributed by atoms with Crippen LogP contribution in [0.15, 0.2) is 18.2 Å². The van der Waals surface area contributed by atoms with Crippen molar-refractivity contribution < 1.29 is 27.8 Å². The molecular formula is C12H12F3N5O3. The number of aromatic nitrogens is 3. The SMILES string of the molecule is COc1ccc(-c2nc(O)nc(NNC(F)(F)F)n2)cc1OC. The maximum Gasteiger partial charge on any atom is 0.474 e. The summed E-state index contributed by atoms with van der Waals surface area (Å²) < 4.78 is 46.5. The van der Waals surface area contributed by atoms with Crippen molar-refractivity contribution in [3.8, 4) is 28.9 Å². The molecule has 2 rings (SSSR count). The number of alkyl halides is 3. The normalized spacial score (nSPS) is 11.2. The molecule has 0 atom stereocenters. The van der Waals surface area contributed by atoms with Gasteiger partial charge in [0.2, 0.25) is 5.95 Å². The Bertz CT molecular complexity index is 696. The molecule has 3 N–H and O–H groups in total. The number of aromatic hydroxyl groups is 1. The van der Waals surface area contributed by atoms with E-state index >= 15 is 0 Å². The van der Waals surface area contributed by atoms with Gasteiger partial charge in [-0.3, -0.25) is 5.43 Å². The summed E-state index contributed by atoms with van der Waals surface area (Å²) >= 11 is 0. The van der Waals surface area contributed by atoms with Crippen LogP contribution in [0.25, 0.3) is 11.4 Å². The number of nitrogens with one attached hydrogen (secondary N) is 2. The highest BCUT2D eigenvalue weighted by Gasteiger charge is 2.27. The first kappa shape index (κ1) is 16.5. The number of rotatable bonds is 5. The van der Waals surface area contributed by atoms with Crippen LogP contribution in [0, 0.1) is 0 Å². The molecule has 11 heteroatoms. The second kappa shape index (κ2) is 6.52. The van der Waals surface area contributed by atoms with Gasteiger partial charge in [0, 0.05) is 5.56 Å². The molecule has 0 aliphatic rings. The third kappa shape index (κ3) is 4.32. The van der Waals surface area contributed by atoms with Crippen LogP contribution in [0.2, 0.25) is 0 Å². The number of hydrogen-bond donors (Lipinski definition) is 3. The number of nitrogens with zero attached hydrogens (tertiary/aromatic N) is 3. The molecular weight excluding hydrogens is 319 g/mol. The van der Waals surface area contributed by atoms with E-state index in [0.29, 0.717) is 17.1 Å². The Balaban J connectivity index is 2.34. The number of halogens is 3. The Morgan fingerprint density at radius 1 is 1.04 bits per heavy atom. The van der Waals surface area contributed by atoms with Gasteiger partial charge in [-0.05, 0) is 18.2 Å². The first-order chi connectivity index (χ1) is 10.8. The van der Waals surface area contributed by atoms with Crippen molar-refractivity contribution in [2.75, 3.05) is 19.6 Å². The fourth-order valence-electron chi connectivity index (χ4n) is 1.65. The highest BCUT2D eigenvalue weighted by Crippen LogP contribution is 2.31. The molecule has 1 aromatic carbocycles. The molecule has 0 aliphatic carbocycles. The van der Waals surface area contributed by atoms with Crippen molar-refractivity contribution >= 4 is 5.95 Å². The van der Waals surface area contributed by atoms with E-state index in [1.807, 2.05) is 0 Å². The first-order valence-corrected chi connectivity index (χ1v) is 6.09. The number of benzene rings is 1. The number of anilines is 1. The molecule has 0 fully saturated rings. The number of ether oxygens (including phenoxy) is 2. The van der Waals surface area contributed by atoms with Gasteiger partial charge in [-0.2, -0.15) is 28.1 Å². The molecule has 0 amide bonds. The van der Waals surface area contributed by atoms with Crippen molar-refractivity contribution in [2.45, 2.75) is 6.30 Å². The molecule has 0 bridgehead atoms. The lowest BCUT2D eigenvalue weighted by Crippen LogP contribution is -2.37. The summed E-state index contributed by atoms with van der Waals surface area (Å²) in [4.78, 5) is 10.8. The topological polar surface area (TPSA) is 101 Å². The fourth-order valence-corrected chi connectivity index (χ4v) is 1.65. The average molecular weight is 331 g/mol. The highest BCUT2D eigenvalue weighted by atomic mass is 19.4. The van der Waals surface area contributed by atoms with E-state index in [4.69, 9.17) is 9.47 Å². The molecule has 8 nitrogen and oxygen atoms in total. The molecule has 1 aromatic heterocycles. The van der Waals surface area contributed by atoms with Crippen LogP contribution in [0.3, 0.4) is 0 Å². The summed E-state index contributed by atoms with van der Waals surface area (Å²) in [6.45, 7) is 0. The summed E-state index contributed by atoms with van der Waals surface area (Å²) in [6.07, 6.45) is -4.69. The Hall–Kier alpha value is -2.82. The number of methoxy groups -OCH3 is 2. The molecule has 0 radical (unpaired) electrons. The van der Waals surface area contributed by atoms with E-state index < -0.39 is 18.3 Å². The molecule has 124 valence electrons. The van der Waals surface area contributed by atoms with Crippen molar-refractivity contribution in [1.29, 1.82) is 0 Å². The quantitative estimate of drug-likeness (QED) is 0.562. The van der Waals surface area contributed by atoms with Gasteiger partial charge in [0.05, 0.1) is 14.2 Å². The van der Waals surface area contributed by atoms with Gasteiger partial charge in [-0.15, -0.1) is 5.43 Å². The molecule has 23 heavy (non-hydrogen) atoms. The summed E-state index contributed by atoms with van der Waals surface area (Å²) in [5.41, 5.74) is 3.14. The third-order valence-corrected chi connectivity index (χ3v) is 2.58. The van der Waals surface area contributed by atoms with Gasteiger partial charge in [0.1, 0.15) is 0 Å². The van der Waals surface area contributed by atoms with Crippen molar-refractivity contribution in [2.24, 2.45) is 0 Å². The molecule has 0 spiro atoms. The van der Waals surface area contributed by atoms with E-state index in [-0.39, 0.29) is 5.82 Å². The van der Waals surface area contributed by atoms with E-state index in [2.05, 4.69) is 15.0 Å². The van der Waals surface area contributed by atoms with Crippen molar-refractivity contribution in [3.05, 3.63) is 18.2 Å². The first-order valence-electron chi connectivity index (χ1n) is 6.09. The zero-order chi connectivity index (χ0) is 17.0. The Labute approximate surface area is 128 Å². The van der Waals surface area contributed by atoms with E-state index in [0.717, 1.165) is 5.43 Å². The fraction of sp³-hybridized carbons (Fsp3) is 0.250. The maximum atomic E-state index is 12.1. The molecule has 0 saturated carbocycles. The highest BCUT2D eigenvalue weighted by molar-refractivity contribution is 5.62. The molecule has 0 aliphatic heterocycles. The minimum absolute atomic E-state index is 0.0510. The Morgan fingerprint density at radius 2 is 1.74 bits per heavy atom. The van der Waals surface area contributed by atoms with Crippen LogP contribution in [-0.4, -0.2) is 40.6 Å². The summed E-state index contributed by atoms with van der Waals surface area (Å²) in [5, 5.41) is 9.44. The lowest BCUT2D eigenvalue weighted by molar-refractivity contribution is -0.151. The lowest BCUT2D eigenvalue weighted by atomic mass is 10.2. The Kier molecular flexibility index (Phi) is 4.69. The van der Waals surface area contributed by atoms with Crippen molar-refractivity contribution in [1.82, 2.24) is 20.4 Å². The van der Waals surface area contributed by atoms with E-state index in [1.165, 1.54) is 20.3 Å². The Morgan fingerprint density at radius 3 is 2.35 bits per heavy atom. The van der Waals surface area contributed by atoms with Gasteiger partial charge in [0.15, 0.2) is 17.3 Å². The molecule has 0 saturated heterocycles. The lowest BCUT2D eigenvalue weighted by Gasteiger charge is -2.11. The van der Waals surface area contributed by atoms with Crippen LogP contribution in [0.5, 0.6) is 17.5 Å². The van der Waals surface area contributed by atoms with Crippen LogP contribution < -0.4 is 20.3 Å². The molecule has 2 aromatic rings. The van der Waals surface area contributed by atoms with Gasteiger partial charge in [-0.25, -0.2) is 0 Å². The van der Waals surface area contributed by atoms with Crippen LogP contribution >= 0.6 is 0 Å². The predicted octanol–water partition coefficient (Wildman–Crippen LogP) is 1.70. The maximum absolute atomic E-state index is 12.1. The second-order valence-corrected chi connectivity index (χ2v) is 4.10. The monoisotopic (exact) mass is 331 g/mol. The van der Waals surface area contributed by atoms with Crippen molar-refractivity contribution in [3.63, 3.8) is 0 Å². The predicted molar refractivity (Wildman–Crippen MR) is 72.8 cm³/mol. The minimum atomic E-state index is -4.69. The number of hydrazine groups is 1. The van der Waals surface area contributed by atoms with Crippen LogP contribution in [-0.2, 0) is 0 Å². The number of hydrogen-bond acceptors (Lipinski definition) is 8. The molecule has 0 unspecified atom stereocenters. The van der Waals surface area contributed by atoms with Gasteiger partial charge < -0.3 is 14.6 Å². The van der Waals surface area contributed by atoms with Crippen LogP contribution in [0.1, 0.15) is 0 Å². The summed E-state index contributed by atoms with van der Waals surface area (Å²) in [7, 11) is 2.88. The second-order valence-electron chi connectivity index (χ2n) is 4.10. The summed E-state index contributed by atoms with van der Waals surface area (Å²) in [5.74, 6) is 0.268. The smallest absolute Gasteiger partial charge is 0.474 e. The largest absolute Gasteiger partial charge is 0.493 e. The van der Waals surface area contributed by atoms with Crippen LogP contribution in [0.4, 0.5) is 19.1 Å². The molecule has 1 heterocycles. The third-order valence-electron chi connectivity index (χ3n) is 2.58. The summed E-state index contributed by atoms with van der Waals surface area (Å²) in [6, 6.07) is 3.89. The zero-order valence-electron chi connectivity index (χ0n) is 12.0. The van der Waals surface area contributed by atoms with Gasteiger partial charge in [0.25, 0.3) is 0 Å². The average Bonchev–Trinajstić information content (AvgIpc) is 2.51. The van der Waals surface area contributed by atoms with E-state index in [9.17, 15) is 18.3 Å². The zero-order valence-corrected chi connectivity index (χ0v) is 12.0. The van der Waals surface area contributed by atoms with Gasteiger partial charge in [-0.1, -0.05) is 0 Å². The van der Waals surface area contributed by atoms with Gasteiger partial charge >= 0.3 is 12.3 Å².